The standard InChI is InChI=1S/C15H23N3O3S/c1-22(20,21)17-15(5-3-2-4-12(15)13(16)19)18-10-8-14(6-7-14)9-11-18/h2-5,12,17H,6-11H2,1H3,(H2,16,19). The van der Waals surface area contributed by atoms with Crippen LogP contribution in [0.3, 0.4) is 0 Å². The number of primary amides is 1. The van der Waals surface area contributed by atoms with Crippen molar-refractivity contribution in [2.45, 2.75) is 31.3 Å². The topological polar surface area (TPSA) is 92.5 Å². The number of piperidine rings is 1. The zero-order chi connectivity index (χ0) is 16.0. The van der Waals surface area contributed by atoms with Crippen molar-refractivity contribution in [3.8, 4) is 0 Å². The van der Waals surface area contributed by atoms with Crippen molar-refractivity contribution in [2.75, 3.05) is 19.3 Å². The molecule has 0 aromatic rings. The molecule has 3 aliphatic rings. The predicted molar refractivity (Wildman–Crippen MR) is 84.1 cm³/mol. The molecule has 1 saturated heterocycles. The Morgan fingerprint density at radius 1 is 1.23 bits per heavy atom. The SMILES string of the molecule is CS(=O)(=O)NC1(N2CCC3(CC2)CC3)C=CC=CC1C(N)=O. The highest BCUT2D eigenvalue weighted by Crippen LogP contribution is 2.54. The average molecular weight is 325 g/mol. The molecule has 0 aromatic carbocycles. The third kappa shape index (κ3) is 2.85. The Bertz CT molecular complexity index is 626. The minimum absolute atomic E-state index is 0.471. The van der Waals surface area contributed by atoms with Gasteiger partial charge in [0.05, 0.1) is 12.2 Å². The first-order chi connectivity index (χ1) is 10.3. The minimum atomic E-state index is -3.50. The molecule has 3 rings (SSSR count). The first-order valence-corrected chi connectivity index (χ1v) is 9.55. The van der Waals surface area contributed by atoms with E-state index in [1.807, 2.05) is 0 Å². The average Bonchev–Trinajstić information content (AvgIpc) is 3.17. The van der Waals surface area contributed by atoms with Crippen LogP contribution >= 0.6 is 0 Å². The first-order valence-electron chi connectivity index (χ1n) is 7.66. The summed E-state index contributed by atoms with van der Waals surface area (Å²) in [7, 11) is -3.50. The molecule has 1 spiro atoms. The maximum absolute atomic E-state index is 11.9. The lowest BCUT2D eigenvalue weighted by molar-refractivity contribution is -0.124. The van der Waals surface area contributed by atoms with E-state index in [-0.39, 0.29) is 0 Å². The number of nitrogens with one attached hydrogen (secondary N) is 1. The molecule has 2 unspecified atom stereocenters. The van der Waals surface area contributed by atoms with Gasteiger partial charge in [-0.2, -0.15) is 4.72 Å². The zero-order valence-electron chi connectivity index (χ0n) is 12.8. The predicted octanol–water partition coefficient (Wildman–Crippen LogP) is 0.335. The van der Waals surface area contributed by atoms with Gasteiger partial charge in [0, 0.05) is 13.1 Å². The van der Waals surface area contributed by atoms with Crippen LogP contribution in [0.2, 0.25) is 0 Å². The van der Waals surface area contributed by atoms with Crippen LogP contribution in [0.5, 0.6) is 0 Å². The van der Waals surface area contributed by atoms with Gasteiger partial charge in [0.15, 0.2) is 0 Å². The molecule has 2 fully saturated rings. The fourth-order valence-corrected chi connectivity index (χ4v) is 4.65. The summed E-state index contributed by atoms with van der Waals surface area (Å²) in [4.78, 5) is 14.0. The summed E-state index contributed by atoms with van der Waals surface area (Å²) in [5.74, 6) is -1.23. The largest absolute Gasteiger partial charge is 0.369 e. The van der Waals surface area contributed by atoms with Crippen LogP contribution in [-0.2, 0) is 14.8 Å². The summed E-state index contributed by atoms with van der Waals surface area (Å²) in [6.07, 6.45) is 12.7. The fourth-order valence-electron chi connectivity index (χ4n) is 3.73. The third-order valence-electron chi connectivity index (χ3n) is 5.20. The van der Waals surface area contributed by atoms with Crippen LogP contribution in [0.15, 0.2) is 24.3 Å². The molecular formula is C15H23N3O3S. The molecule has 1 aliphatic heterocycles. The molecule has 122 valence electrons. The number of allylic oxidation sites excluding steroid dienone is 2. The monoisotopic (exact) mass is 325 g/mol. The van der Waals surface area contributed by atoms with Gasteiger partial charge in [-0.1, -0.05) is 18.2 Å². The van der Waals surface area contributed by atoms with Crippen LogP contribution in [-0.4, -0.2) is 44.2 Å². The van der Waals surface area contributed by atoms with Gasteiger partial charge in [-0.25, -0.2) is 8.42 Å². The maximum atomic E-state index is 11.9. The normalized spacial score (nSPS) is 34.0. The Morgan fingerprint density at radius 2 is 1.86 bits per heavy atom. The summed E-state index contributed by atoms with van der Waals surface area (Å²) in [6.45, 7) is 1.54. The van der Waals surface area contributed by atoms with Crippen LogP contribution in [0.25, 0.3) is 0 Å². The van der Waals surface area contributed by atoms with Gasteiger partial charge < -0.3 is 5.73 Å². The van der Waals surface area contributed by atoms with Crippen molar-refractivity contribution in [1.82, 2.24) is 9.62 Å². The summed E-state index contributed by atoms with van der Waals surface area (Å²) in [6, 6.07) is 0. The van der Waals surface area contributed by atoms with Crippen molar-refractivity contribution in [3.63, 3.8) is 0 Å². The number of amides is 1. The molecule has 1 amide bonds. The molecule has 6 nitrogen and oxygen atoms in total. The number of nitrogens with zero attached hydrogens (tertiary/aromatic N) is 1. The zero-order valence-corrected chi connectivity index (χ0v) is 13.6. The van der Waals surface area contributed by atoms with Crippen molar-refractivity contribution in [2.24, 2.45) is 17.1 Å². The van der Waals surface area contributed by atoms with Gasteiger partial charge in [0.2, 0.25) is 15.9 Å². The van der Waals surface area contributed by atoms with E-state index in [1.54, 1.807) is 24.3 Å². The smallest absolute Gasteiger partial charge is 0.228 e. The van der Waals surface area contributed by atoms with E-state index >= 15 is 0 Å². The van der Waals surface area contributed by atoms with E-state index < -0.39 is 27.5 Å². The second-order valence-electron chi connectivity index (χ2n) is 6.81. The summed E-state index contributed by atoms with van der Waals surface area (Å²) in [5, 5.41) is 0. The second kappa shape index (κ2) is 5.18. The van der Waals surface area contributed by atoms with E-state index in [9.17, 15) is 13.2 Å². The Labute approximate surface area is 131 Å². The lowest BCUT2D eigenvalue weighted by Crippen LogP contribution is -2.67. The van der Waals surface area contributed by atoms with E-state index in [2.05, 4.69) is 9.62 Å². The number of sulfonamides is 1. The lowest BCUT2D eigenvalue weighted by atomic mass is 9.83. The number of nitrogens with two attached hydrogens (primary N) is 1. The number of rotatable bonds is 4. The molecule has 22 heavy (non-hydrogen) atoms. The highest BCUT2D eigenvalue weighted by molar-refractivity contribution is 7.88. The quantitative estimate of drug-likeness (QED) is 0.779. The van der Waals surface area contributed by atoms with Crippen molar-refractivity contribution >= 4 is 15.9 Å². The molecule has 0 radical (unpaired) electrons. The number of likely N-dealkylation sites (tertiary alicyclic amines) is 1. The number of hydrogen-bond donors (Lipinski definition) is 2. The Balaban J connectivity index is 1.93. The number of hydrogen-bond acceptors (Lipinski definition) is 4. The van der Waals surface area contributed by atoms with Gasteiger partial charge in [0.1, 0.15) is 5.66 Å². The van der Waals surface area contributed by atoms with Crippen molar-refractivity contribution < 1.29 is 13.2 Å². The second-order valence-corrected chi connectivity index (χ2v) is 8.56. The fraction of sp³-hybridized carbons (Fsp3) is 0.667. The summed E-state index contributed by atoms with van der Waals surface area (Å²) < 4.78 is 26.5. The molecular weight excluding hydrogens is 302 g/mol. The highest BCUT2D eigenvalue weighted by Gasteiger charge is 2.52. The highest BCUT2D eigenvalue weighted by atomic mass is 32.2. The van der Waals surface area contributed by atoms with Crippen molar-refractivity contribution in [1.29, 1.82) is 0 Å². The van der Waals surface area contributed by atoms with Gasteiger partial charge in [-0.05, 0) is 37.2 Å². The molecule has 2 atom stereocenters. The Kier molecular flexibility index (Phi) is 3.70. The van der Waals surface area contributed by atoms with E-state index in [1.165, 1.54) is 12.8 Å². The Morgan fingerprint density at radius 3 is 2.36 bits per heavy atom. The molecule has 3 N–H and O–H groups in total. The van der Waals surface area contributed by atoms with Gasteiger partial charge in [-0.15, -0.1) is 0 Å². The van der Waals surface area contributed by atoms with Crippen LogP contribution in [0.4, 0.5) is 0 Å². The maximum Gasteiger partial charge on any atom is 0.228 e. The van der Waals surface area contributed by atoms with Crippen LogP contribution in [0, 0.1) is 11.3 Å². The summed E-state index contributed by atoms with van der Waals surface area (Å²) >= 11 is 0. The summed E-state index contributed by atoms with van der Waals surface area (Å²) in [5.41, 5.74) is 4.94. The molecule has 1 heterocycles. The van der Waals surface area contributed by atoms with E-state index in [0.29, 0.717) is 5.41 Å². The minimum Gasteiger partial charge on any atom is -0.369 e. The number of carbonyl (C=O) groups excluding carboxylic acids is 1. The number of carbonyl (C=O) groups is 1. The molecule has 7 heteroatoms. The van der Waals surface area contributed by atoms with Crippen LogP contribution in [0.1, 0.15) is 25.7 Å². The Hall–Kier alpha value is -1.18. The van der Waals surface area contributed by atoms with E-state index in [0.717, 1.165) is 32.2 Å². The first kappa shape index (κ1) is 15.7. The van der Waals surface area contributed by atoms with Crippen LogP contribution < -0.4 is 10.5 Å². The molecule has 2 aliphatic carbocycles. The molecule has 0 bridgehead atoms. The molecule has 0 aromatic heterocycles. The third-order valence-corrected chi connectivity index (χ3v) is 5.90. The van der Waals surface area contributed by atoms with E-state index in [4.69, 9.17) is 5.73 Å². The van der Waals surface area contributed by atoms with Crippen molar-refractivity contribution in [3.05, 3.63) is 24.3 Å². The van der Waals surface area contributed by atoms with Gasteiger partial charge in [-0.3, -0.25) is 9.69 Å². The molecule has 1 saturated carbocycles. The lowest BCUT2D eigenvalue weighted by Gasteiger charge is -2.48. The van der Waals surface area contributed by atoms with Gasteiger partial charge >= 0.3 is 0 Å². The van der Waals surface area contributed by atoms with Gasteiger partial charge in [0.25, 0.3) is 0 Å².